The van der Waals surface area contributed by atoms with Crippen molar-refractivity contribution in [2.24, 2.45) is 0 Å². The van der Waals surface area contributed by atoms with Gasteiger partial charge in [-0.05, 0) is 31.2 Å². The van der Waals surface area contributed by atoms with Crippen molar-refractivity contribution in [1.29, 1.82) is 0 Å². The van der Waals surface area contributed by atoms with Gasteiger partial charge in [-0.2, -0.15) is 0 Å². The zero-order valence-corrected chi connectivity index (χ0v) is 7.95. The van der Waals surface area contributed by atoms with Crippen molar-refractivity contribution in [2.75, 3.05) is 0 Å². The van der Waals surface area contributed by atoms with Crippen LogP contribution in [0.15, 0.2) is 40.6 Å². The van der Waals surface area contributed by atoms with Crippen LogP contribution in [0.25, 0.3) is 0 Å². The van der Waals surface area contributed by atoms with Gasteiger partial charge in [0, 0.05) is 5.41 Å². The molecule has 1 aromatic carbocycles. The molecule has 0 unspecified atom stereocenters. The number of rotatable bonds is 2. The molecule has 0 aliphatic heterocycles. The molecule has 0 atom stereocenters. The molecule has 0 spiro atoms. The highest BCUT2D eigenvalue weighted by atomic mass is 32.2. The standard InChI is InChI=1S/C9H10O3S/c1-2-7-13(11,12)9-5-3-8(10)4-6-9/h2-7,10H,1H3/b7-2+. The van der Waals surface area contributed by atoms with Gasteiger partial charge in [-0.1, -0.05) is 6.08 Å². The van der Waals surface area contributed by atoms with E-state index in [0.29, 0.717) is 0 Å². The summed E-state index contributed by atoms with van der Waals surface area (Å²) < 4.78 is 22.8. The average molecular weight is 198 g/mol. The van der Waals surface area contributed by atoms with Gasteiger partial charge in [0.1, 0.15) is 5.75 Å². The maximum atomic E-state index is 11.4. The Labute approximate surface area is 77.3 Å². The molecular weight excluding hydrogens is 188 g/mol. The summed E-state index contributed by atoms with van der Waals surface area (Å²) in [7, 11) is -3.32. The van der Waals surface area contributed by atoms with E-state index in [1.807, 2.05) is 0 Å². The number of phenols is 1. The van der Waals surface area contributed by atoms with Crippen molar-refractivity contribution in [3.05, 3.63) is 35.7 Å². The van der Waals surface area contributed by atoms with Crippen LogP contribution in [0, 0.1) is 0 Å². The van der Waals surface area contributed by atoms with Crippen LogP contribution in [-0.2, 0) is 9.84 Å². The molecule has 0 heterocycles. The summed E-state index contributed by atoms with van der Waals surface area (Å²) in [4.78, 5) is 0.184. The van der Waals surface area contributed by atoms with Crippen LogP contribution in [-0.4, -0.2) is 13.5 Å². The molecule has 3 nitrogen and oxygen atoms in total. The highest BCUT2D eigenvalue weighted by molar-refractivity contribution is 7.94. The third-order valence-corrected chi connectivity index (χ3v) is 3.04. The quantitative estimate of drug-likeness (QED) is 0.786. The van der Waals surface area contributed by atoms with Crippen molar-refractivity contribution in [1.82, 2.24) is 0 Å². The molecule has 1 aromatic rings. The molecule has 0 amide bonds. The molecule has 70 valence electrons. The van der Waals surface area contributed by atoms with Crippen LogP contribution in [0.2, 0.25) is 0 Å². The molecule has 1 rings (SSSR count). The molecular formula is C9H10O3S. The Morgan fingerprint density at radius 3 is 2.23 bits per heavy atom. The van der Waals surface area contributed by atoms with Crippen molar-refractivity contribution >= 4 is 9.84 Å². The molecule has 0 aromatic heterocycles. The van der Waals surface area contributed by atoms with E-state index in [1.54, 1.807) is 6.92 Å². The fourth-order valence-corrected chi connectivity index (χ4v) is 1.92. The molecule has 4 heteroatoms. The van der Waals surface area contributed by atoms with Gasteiger partial charge in [0.2, 0.25) is 0 Å². The predicted molar refractivity (Wildman–Crippen MR) is 50.1 cm³/mol. The van der Waals surface area contributed by atoms with Gasteiger partial charge < -0.3 is 5.11 Å². The number of phenolic OH excluding ortho intramolecular Hbond substituents is 1. The van der Waals surface area contributed by atoms with Gasteiger partial charge in [0.05, 0.1) is 4.90 Å². The van der Waals surface area contributed by atoms with E-state index >= 15 is 0 Å². The Hall–Kier alpha value is -1.29. The molecule has 13 heavy (non-hydrogen) atoms. The van der Waals surface area contributed by atoms with Crippen LogP contribution in [0.5, 0.6) is 5.75 Å². The van der Waals surface area contributed by atoms with Gasteiger partial charge >= 0.3 is 0 Å². The highest BCUT2D eigenvalue weighted by Gasteiger charge is 2.08. The maximum absolute atomic E-state index is 11.4. The van der Waals surface area contributed by atoms with Gasteiger partial charge in [-0.15, -0.1) is 0 Å². The number of aromatic hydroxyl groups is 1. The lowest BCUT2D eigenvalue weighted by atomic mass is 10.3. The second-order valence-corrected chi connectivity index (χ2v) is 4.34. The number of hydrogen-bond acceptors (Lipinski definition) is 3. The first-order chi connectivity index (χ1) is 6.06. The fourth-order valence-electron chi connectivity index (χ4n) is 0.894. The number of hydrogen-bond donors (Lipinski definition) is 1. The van der Waals surface area contributed by atoms with Crippen LogP contribution in [0.3, 0.4) is 0 Å². The molecule has 0 bridgehead atoms. The number of allylic oxidation sites excluding steroid dienone is 1. The third-order valence-electron chi connectivity index (χ3n) is 1.48. The summed E-state index contributed by atoms with van der Waals surface area (Å²) in [6.45, 7) is 1.64. The normalized spacial score (nSPS) is 12.1. The summed E-state index contributed by atoms with van der Waals surface area (Å²) >= 11 is 0. The molecule has 0 radical (unpaired) electrons. The van der Waals surface area contributed by atoms with Crippen molar-refractivity contribution in [2.45, 2.75) is 11.8 Å². The van der Waals surface area contributed by atoms with Gasteiger partial charge in [-0.3, -0.25) is 0 Å². The Bertz CT molecular complexity index is 401. The van der Waals surface area contributed by atoms with Crippen LogP contribution >= 0.6 is 0 Å². The minimum Gasteiger partial charge on any atom is -0.508 e. The third kappa shape index (κ3) is 2.32. The zero-order valence-electron chi connectivity index (χ0n) is 7.14. The lowest BCUT2D eigenvalue weighted by Gasteiger charge is -1.97. The Kier molecular flexibility index (Phi) is 2.72. The largest absolute Gasteiger partial charge is 0.508 e. The lowest BCUT2D eigenvalue weighted by molar-refractivity contribution is 0.475. The minimum absolute atomic E-state index is 0.0550. The minimum atomic E-state index is -3.32. The Morgan fingerprint density at radius 1 is 1.23 bits per heavy atom. The maximum Gasteiger partial charge on any atom is 0.199 e. The van der Waals surface area contributed by atoms with E-state index in [9.17, 15) is 8.42 Å². The fraction of sp³-hybridized carbons (Fsp3) is 0.111. The highest BCUT2D eigenvalue weighted by Crippen LogP contribution is 2.16. The molecule has 0 aliphatic rings. The first-order valence-electron chi connectivity index (χ1n) is 3.73. The van der Waals surface area contributed by atoms with E-state index in [1.165, 1.54) is 30.3 Å². The van der Waals surface area contributed by atoms with Crippen molar-refractivity contribution < 1.29 is 13.5 Å². The zero-order chi connectivity index (χ0) is 9.90. The first kappa shape index (κ1) is 9.80. The second kappa shape index (κ2) is 3.62. The molecule has 1 N–H and O–H groups in total. The molecule has 0 fully saturated rings. The summed E-state index contributed by atoms with van der Waals surface area (Å²) in [5.74, 6) is 0.0550. The molecule has 0 saturated heterocycles. The van der Waals surface area contributed by atoms with Crippen LogP contribution < -0.4 is 0 Å². The van der Waals surface area contributed by atoms with Crippen molar-refractivity contribution in [3.8, 4) is 5.75 Å². The Balaban J connectivity index is 3.17. The average Bonchev–Trinajstić information content (AvgIpc) is 2.05. The first-order valence-corrected chi connectivity index (χ1v) is 5.28. The van der Waals surface area contributed by atoms with E-state index in [-0.39, 0.29) is 10.6 Å². The second-order valence-electron chi connectivity index (χ2n) is 2.51. The summed E-state index contributed by atoms with van der Waals surface area (Å²) in [5, 5.41) is 10.1. The summed E-state index contributed by atoms with van der Waals surface area (Å²) in [5.41, 5.74) is 0. The van der Waals surface area contributed by atoms with Crippen LogP contribution in [0.1, 0.15) is 6.92 Å². The van der Waals surface area contributed by atoms with Gasteiger partial charge in [-0.25, -0.2) is 8.42 Å². The predicted octanol–water partition coefficient (Wildman–Crippen LogP) is 1.70. The topological polar surface area (TPSA) is 54.4 Å². The van der Waals surface area contributed by atoms with E-state index in [0.717, 1.165) is 5.41 Å². The number of sulfone groups is 1. The SMILES string of the molecule is C/C=C/S(=O)(=O)c1ccc(O)cc1. The van der Waals surface area contributed by atoms with Gasteiger partial charge in [0.15, 0.2) is 9.84 Å². The van der Waals surface area contributed by atoms with E-state index in [4.69, 9.17) is 5.11 Å². The summed E-state index contributed by atoms with van der Waals surface area (Å²) in [6.07, 6.45) is 1.46. The monoisotopic (exact) mass is 198 g/mol. The molecule has 0 aliphatic carbocycles. The summed E-state index contributed by atoms with van der Waals surface area (Å²) in [6, 6.07) is 5.42. The van der Waals surface area contributed by atoms with Gasteiger partial charge in [0.25, 0.3) is 0 Å². The van der Waals surface area contributed by atoms with Crippen molar-refractivity contribution in [3.63, 3.8) is 0 Å². The van der Waals surface area contributed by atoms with Crippen LogP contribution in [0.4, 0.5) is 0 Å². The Morgan fingerprint density at radius 2 is 1.77 bits per heavy atom. The van der Waals surface area contributed by atoms with E-state index < -0.39 is 9.84 Å². The lowest BCUT2D eigenvalue weighted by Crippen LogP contribution is -1.94. The molecule has 0 saturated carbocycles. The number of benzene rings is 1. The van der Waals surface area contributed by atoms with E-state index in [2.05, 4.69) is 0 Å². The smallest absolute Gasteiger partial charge is 0.199 e.